The number of hydrogen-bond acceptors (Lipinski definition) is 4. The summed E-state index contributed by atoms with van der Waals surface area (Å²) in [5, 5.41) is 5.15. The Labute approximate surface area is 164 Å². The molecule has 28 heavy (non-hydrogen) atoms. The van der Waals surface area contributed by atoms with Crippen LogP contribution in [0.5, 0.6) is 0 Å². The van der Waals surface area contributed by atoms with Crippen LogP contribution in [-0.4, -0.2) is 52.7 Å². The zero-order valence-electron chi connectivity index (χ0n) is 16.0. The van der Waals surface area contributed by atoms with Crippen molar-refractivity contribution in [3.63, 3.8) is 0 Å². The number of carbonyl (C=O) groups excluding carboxylic acids is 2. The van der Waals surface area contributed by atoms with Crippen LogP contribution in [0.4, 0.5) is 5.69 Å². The predicted octanol–water partition coefficient (Wildman–Crippen LogP) is 3.11. The van der Waals surface area contributed by atoms with Gasteiger partial charge in [-0.25, -0.2) is 4.68 Å². The maximum atomic E-state index is 12.6. The second-order valence-electron chi connectivity index (χ2n) is 7.22. The van der Waals surface area contributed by atoms with Gasteiger partial charge in [0.2, 0.25) is 11.8 Å². The van der Waals surface area contributed by atoms with Crippen molar-refractivity contribution in [2.75, 3.05) is 31.1 Å². The Bertz CT molecular complexity index is 988. The quantitative estimate of drug-likeness (QED) is 0.702. The number of rotatable bonds is 4. The minimum absolute atomic E-state index is 0.0355. The molecule has 2 aromatic carbocycles. The Hall–Kier alpha value is -3.15. The third-order valence-electron chi connectivity index (χ3n) is 5.27. The van der Waals surface area contributed by atoms with Gasteiger partial charge in [0.1, 0.15) is 0 Å². The van der Waals surface area contributed by atoms with Gasteiger partial charge in [-0.15, -0.1) is 0 Å². The highest BCUT2D eigenvalue weighted by molar-refractivity contribution is 5.92. The van der Waals surface area contributed by atoms with Gasteiger partial charge in [0.05, 0.1) is 11.7 Å². The predicted molar refractivity (Wildman–Crippen MR) is 110 cm³/mol. The SMILES string of the molecule is Cc1ccc2c(cnn2C(=O)CCC(=O)N2CCN(c3ccccc3)CC2)c1. The summed E-state index contributed by atoms with van der Waals surface area (Å²) in [5.74, 6) is -0.108. The number of aryl methyl sites for hydroxylation is 1. The molecule has 0 bridgehead atoms. The molecule has 0 unspecified atom stereocenters. The molecule has 0 spiro atoms. The molecule has 1 amide bonds. The van der Waals surface area contributed by atoms with E-state index in [0.717, 1.165) is 29.6 Å². The number of aromatic nitrogens is 2. The molecule has 1 fully saturated rings. The first kappa shape index (κ1) is 18.2. The van der Waals surface area contributed by atoms with Crippen molar-refractivity contribution < 1.29 is 9.59 Å². The van der Waals surface area contributed by atoms with Crippen LogP contribution >= 0.6 is 0 Å². The van der Waals surface area contributed by atoms with Crippen molar-refractivity contribution in [1.29, 1.82) is 0 Å². The Morgan fingerprint density at radius 1 is 0.929 bits per heavy atom. The minimum atomic E-state index is -0.143. The van der Waals surface area contributed by atoms with Gasteiger partial charge in [-0.05, 0) is 31.2 Å². The van der Waals surface area contributed by atoms with Crippen LogP contribution < -0.4 is 4.90 Å². The molecule has 0 saturated carbocycles. The number of amides is 1. The second kappa shape index (κ2) is 7.84. The summed E-state index contributed by atoms with van der Waals surface area (Å²) in [6.07, 6.45) is 2.09. The van der Waals surface area contributed by atoms with Gasteiger partial charge in [0.25, 0.3) is 0 Å². The van der Waals surface area contributed by atoms with E-state index in [-0.39, 0.29) is 24.7 Å². The Balaban J connectivity index is 1.31. The van der Waals surface area contributed by atoms with Gasteiger partial charge in [0.15, 0.2) is 0 Å². The molecular weight excluding hydrogens is 352 g/mol. The summed E-state index contributed by atoms with van der Waals surface area (Å²) in [7, 11) is 0. The van der Waals surface area contributed by atoms with Crippen molar-refractivity contribution in [3.8, 4) is 0 Å². The van der Waals surface area contributed by atoms with E-state index in [1.54, 1.807) is 6.20 Å². The van der Waals surface area contributed by atoms with Crippen molar-refractivity contribution in [2.24, 2.45) is 0 Å². The van der Waals surface area contributed by atoms with E-state index in [1.165, 1.54) is 10.4 Å². The van der Waals surface area contributed by atoms with Gasteiger partial charge >= 0.3 is 0 Å². The van der Waals surface area contributed by atoms with Crippen molar-refractivity contribution >= 4 is 28.4 Å². The van der Waals surface area contributed by atoms with Gasteiger partial charge < -0.3 is 9.80 Å². The summed E-state index contributed by atoms with van der Waals surface area (Å²) >= 11 is 0. The fourth-order valence-corrected chi connectivity index (χ4v) is 3.68. The first-order valence-corrected chi connectivity index (χ1v) is 9.67. The molecule has 3 aromatic rings. The Kier molecular flexibility index (Phi) is 5.10. The van der Waals surface area contributed by atoms with E-state index < -0.39 is 0 Å². The highest BCUT2D eigenvalue weighted by Gasteiger charge is 2.22. The van der Waals surface area contributed by atoms with Crippen LogP contribution in [0.2, 0.25) is 0 Å². The number of nitrogens with zero attached hydrogens (tertiary/aromatic N) is 4. The van der Waals surface area contributed by atoms with E-state index in [9.17, 15) is 9.59 Å². The molecule has 1 aliphatic rings. The number of para-hydroxylation sites is 1. The lowest BCUT2D eigenvalue weighted by Crippen LogP contribution is -2.48. The summed E-state index contributed by atoms with van der Waals surface area (Å²) in [6, 6.07) is 16.1. The smallest absolute Gasteiger partial charge is 0.247 e. The summed E-state index contributed by atoms with van der Waals surface area (Å²) in [5.41, 5.74) is 3.11. The zero-order chi connectivity index (χ0) is 19.5. The third-order valence-corrected chi connectivity index (χ3v) is 5.27. The highest BCUT2D eigenvalue weighted by atomic mass is 16.2. The summed E-state index contributed by atoms with van der Waals surface area (Å²) in [4.78, 5) is 29.2. The average Bonchev–Trinajstić information content (AvgIpc) is 3.15. The molecule has 0 radical (unpaired) electrons. The van der Waals surface area contributed by atoms with Crippen LogP contribution in [0.15, 0.2) is 54.7 Å². The molecule has 144 valence electrons. The van der Waals surface area contributed by atoms with Crippen molar-refractivity contribution in [1.82, 2.24) is 14.7 Å². The molecule has 6 nitrogen and oxygen atoms in total. The molecule has 0 N–H and O–H groups in total. The molecule has 6 heteroatoms. The topological polar surface area (TPSA) is 58.4 Å². The molecular formula is C22H24N4O2. The highest BCUT2D eigenvalue weighted by Crippen LogP contribution is 2.18. The van der Waals surface area contributed by atoms with Gasteiger partial charge in [-0.1, -0.05) is 29.8 Å². The van der Waals surface area contributed by atoms with E-state index in [2.05, 4.69) is 22.1 Å². The second-order valence-corrected chi connectivity index (χ2v) is 7.22. The minimum Gasteiger partial charge on any atom is -0.368 e. The fourth-order valence-electron chi connectivity index (χ4n) is 3.68. The van der Waals surface area contributed by atoms with E-state index in [4.69, 9.17) is 0 Å². The van der Waals surface area contributed by atoms with Crippen LogP contribution in [0.25, 0.3) is 10.9 Å². The molecule has 4 rings (SSSR count). The Morgan fingerprint density at radius 3 is 2.39 bits per heavy atom. The summed E-state index contributed by atoms with van der Waals surface area (Å²) in [6.45, 7) is 5.01. The van der Waals surface area contributed by atoms with Gasteiger partial charge in [-0.3, -0.25) is 9.59 Å². The van der Waals surface area contributed by atoms with Crippen LogP contribution in [0, 0.1) is 6.92 Å². The average molecular weight is 376 g/mol. The maximum Gasteiger partial charge on any atom is 0.247 e. The van der Waals surface area contributed by atoms with Crippen LogP contribution in [0.3, 0.4) is 0 Å². The normalized spacial score (nSPS) is 14.5. The Morgan fingerprint density at radius 2 is 1.64 bits per heavy atom. The third kappa shape index (κ3) is 3.76. The number of fused-ring (bicyclic) bond motifs is 1. The zero-order valence-corrected chi connectivity index (χ0v) is 16.0. The molecule has 0 atom stereocenters. The number of hydrogen-bond donors (Lipinski definition) is 0. The van der Waals surface area contributed by atoms with Crippen molar-refractivity contribution in [3.05, 3.63) is 60.3 Å². The first-order chi connectivity index (χ1) is 13.6. The molecule has 1 aromatic heterocycles. The molecule has 2 heterocycles. The number of benzene rings is 2. The standard InChI is InChI=1S/C22H24N4O2/c1-17-7-8-20-18(15-17)16-23-26(20)22(28)10-9-21(27)25-13-11-24(12-14-25)19-5-3-2-4-6-19/h2-8,15-16H,9-14H2,1H3. The number of anilines is 1. The molecule has 0 aliphatic carbocycles. The molecule has 1 aliphatic heterocycles. The van der Waals surface area contributed by atoms with E-state index in [1.807, 2.05) is 48.2 Å². The van der Waals surface area contributed by atoms with Gasteiger partial charge in [-0.2, -0.15) is 5.10 Å². The van der Waals surface area contributed by atoms with Gasteiger partial charge in [0, 0.05) is 50.1 Å². The monoisotopic (exact) mass is 376 g/mol. The number of piperazine rings is 1. The fraction of sp³-hybridized carbons (Fsp3) is 0.318. The largest absolute Gasteiger partial charge is 0.368 e. The van der Waals surface area contributed by atoms with E-state index >= 15 is 0 Å². The lowest BCUT2D eigenvalue weighted by atomic mass is 10.2. The lowest BCUT2D eigenvalue weighted by molar-refractivity contribution is -0.131. The van der Waals surface area contributed by atoms with E-state index in [0.29, 0.717) is 13.1 Å². The number of carbonyl (C=O) groups is 2. The lowest BCUT2D eigenvalue weighted by Gasteiger charge is -2.36. The van der Waals surface area contributed by atoms with Crippen LogP contribution in [-0.2, 0) is 4.79 Å². The van der Waals surface area contributed by atoms with Crippen molar-refractivity contribution in [2.45, 2.75) is 19.8 Å². The van der Waals surface area contributed by atoms with Crippen LogP contribution in [0.1, 0.15) is 23.2 Å². The summed E-state index contributed by atoms with van der Waals surface area (Å²) < 4.78 is 1.41. The first-order valence-electron chi connectivity index (χ1n) is 9.67. The maximum absolute atomic E-state index is 12.6. The molecule has 1 saturated heterocycles.